The second-order valence-corrected chi connectivity index (χ2v) is 4.24. The lowest BCUT2D eigenvalue weighted by molar-refractivity contribution is 0.0696. The van der Waals surface area contributed by atoms with Crippen LogP contribution in [0.25, 0.3) is 0 Å². The number of nitrogens with zero attached hydrogens (tertiary/aromatic N) is 2. The van der Waals surface area contributed by atoms with E-state index in [9.17, 15) is 13.6 Å². The van der Waals surface area contributed by atoms with Gasteiger partial charge in [-0.25, -0.2) is 13.6 Å². The third kappa shape index (κ3) is 2.93. The predicted molar refractivity (Wildman–Crippen MR) is 68.7 cm³/mol. The molecular formula is C13H13F2N3O2. The molecule has 0 atom stereocenters. The molecule has 1 aromatic heterocycles. The molecule has 106 valence electrons. The number of halogens is 2. The van der Waals surface area contributed by atoms with Crippen LogP contribution in [0.1, 0.15) is 16.1 Å². The van der Waals surface area contributed by atoms with Crippen molar-refractivity contribution in [2.24, 2.45) is 7.05 Å². The first-order chi connectivity index (χ1) is 9.49. The van der Waals surface area contributed by atoms with Crippen LogP contribution in [0.5, 0.6) is 0 Å². The van der Waals surface area contributed by atoms with Crippen molar-refractivity contribution < 1.29 is 18.7 Å². The summed E-state index contributed by atoms with van der Waals surface area (Å²) in [6.45, 7) is 0.305. The van der Waals surface area contributed by atoms with Gasteiger partial charge in [0.05, 0.1) is 5.56 Å². The van der Waals surface area contributed by atoms with Crippen molar-refractivity contribution in [2.75, 3.05) is 11.9 Å². The Morgan fingerprint density at radius 3 is 2.55 bits per heavy atom. The fourth-order valence-electron chi connectivity index (χ4n) is 1.83. The van der Waals surface area contributed by atoms with E-state index < -0.39 is 23.2 Å². The normalized spacial score (nSPS) is 10.6. The molecule has 0 radical (unpaired) electrons. The summed E-state index contributed by atoms with van der Waals surface area (Å²) in [5.74, 6) is -3.22. The average molecular weight is 281 g/mol. The summed E-state index contributed by atoms with van der Waals surface area (Å²) in [4.78, 5) is 10.7. The van der Waals surface area contributed by atoms with Gasteiger partial charge in [-0.15, -0.1) is 0 Å². The summed E-state index contributed by atoms with van der Waals surface area (Å²) in [6, 6.07) is 3.39. The Morgan fingerprint density at radius 2 is 2.05 bits per heavy atom. The lowest BCUT2D eigenvalue weighted by atomic mass is 10.2. The van der Waals surface area contributed by atoms with Crippen LogP contribution < -0.4 is 5.32 Å². The van der Waals surface area contributed by atoms with Gasteiger partial charge >= 0.3 is 5.97 Å². The maximum absolute atomic E-state index is 13.6. The minimum Gasteiger partial charge on any atom is -0.478 e. The fourth-order valence-corrected chi connectivity index (χ4v) is 1.83. The molecule has 0 spiro atoms. The number of hydrogen-bond donors (Lipinski definition) is 2. The number of hydrogen-bond acceptors (Lipinski definition) is 3. The van der Waals surface area contributed by atoms with Crippen molar-refractivity contribution in [1.29, 1.82) is 0 Å². The second kappa shape index (κ2) is 5.68. The zero-order valence-corrected chi connectivity index (χ0v) is 10.7. The molecule has 20 heavy (non-hydrogen) atoms. The van der Waals surface area contributed by atoms with E-state index in [0.29, 0.717) is 13.0 Å². The molecular weight excluding hydrogens is 268 g/mol. The van der Waals surface area contributed by atoms with Crippen LogP contribution in [0.4, 0.5) is 14.5 Å². The van der Waals surface area contributed by atoms with Crippen molar-refractivity contribution in [3.8, 4) is 0 Å². The minimum atomic E-state index is -1.37. The highest BCUT2D eigenvalue weighted by atomic mass is 19.1. The number of rotatable bonds is 5. The summed E-state index contributed by atoms with van der Waals surface area (Å²) in [5, 5.41) is 15.3. The zero-order valence-electron chi connectivity index (χ0n) is 10.7. The molecule has 0 unspecified atom stereocenters. The molecule has 1 aromatic carbocycles. The minimum absolute atomic E-state index is 0.305. The topological polar surface area (TPSA) is 67.2 Å². The molecule has 0 aliphatic rings. The highest BCUT2D eigenvalue weighted by Gasteiger charge is 2.14. The number of carboxylic acid groups (broad SMARTS) is 1. The Labute approximate surface area is 113 Å². The standard InChI is InChI=1S/C13H13F2N3O2/c1-18-9(3-5-17-18)2-4-16-12-10(14)6-8(13(19)20)7-11(12)15/h3,5-7,16H,2,4H2,1H3,(H,19,20). The van der Waals surface area contributed by atoms with Crippen LogP contribution in [0.2, 0.25) is 0 Å². The first kappa shape index (κ1) is 14.0. The van der Waals surface area contributed by atoms with Gasteiger partial charge in [0, 0.05) is 31.9 Å². The monoisotopic (exact) mass is 281 g/mol. The maximum Gasteiger partial charge on any atom is 0.335 e. The van der Waals surface area contributed by atoms with Gasteiger partial charge in [0.1, 0.15) is 17.3 Å². The lowest BCUT2D eigenvalue weighted by Gasteiger charge is -2.09. The summed E-state index contributed by atoms with van der Waals surface area (Å²) >= 11 is 0. The summed E-state index contributed by atoms with van der Waals surface area (Å²) in [6.07, 6.45) is 2.17. The largest absolute Gasteiger partial charge is 0.478 e. The molecule has 2 aromatic rings. The van der Waals surface area contributed by atoms with Crippen molar-refractivity contribution in [2.45, 2.75) is 6.42 Å². The smallest absolute Gasteiger partial charge is 0.335 e. The van der Waals surface area contributed by atoms with E-state index in [1.807, 2.05) is 6.07 Å². The number of aryl methyl sites for hydroxylation is 1. The number of aromatic nitrogens is 2. The summed E-state index contributed by atoms with van der Waals surface area (Å²) < 4.78 is 28.9. The van der Waals surface area contributed by atoms with Gasteiger partial charge in [-0.2, -0.15) is 5.10 Å². The number of carboxylic acids is 1. The molecule has 5 nitrogen and oxygen atoms in total. The van der Waals surface area contributed by atoms with E-state index >= 15 is 0 Å². The van der Waals surface area contributed by atoms with E-state index in [-0.39, 0.29) is 5.69 Å². The van der Waals surface area contributed by atoms with Gasteiger partial charge in [-0.1, -0.05) is 0 Å². The number of aromatic carboxylic acids is 1. The molecule has 0 fully saturated rings. The second-order valence-electron chi connectivity index (χ2n) is 4.24. The summed E-state index contributed by atoms with van der Waals surface area (Å²) in [7, 11) is 1.78. The number of benzene rings is 1. The SMILES string of the molecule is Cn1nccc1CCNc1c(F)cc(C(=O)O)cc1F. The molecule has 2 rings (SSSR count). The Kier molecular flexibility index (Phi) is 3.97. The number of anilines is 1. The van der Waals surface area contributed by atoms with Gasteiger partial charge in [0.2, 0.25) is 0 Å². The van der Waals surface area contributed by atoms with Crippen molar-refractivity contribution in [3.05, 3.63) is 47.3 Å². The van der Waals surface area contributed by atoms with E-state index in [0.717, 1.165) is 17.8 Å². The molecule has 0 aliphatic heterocycles. The first-order valence-electron chi connectivity index (χ1n) is 5.92. The van der Waals surface area contributed by atoms with E-state index in [4.69, 9.17) is 5.11 Å². The van der Waals surface area contributed by atoms with Crippen molar-refractivity contribution in [3.63, 3.8) is 0 Å². The van der Waals surface area contributed by atoms with Crippen molar-refractivity contribution >= 4 is 11.7 Å². The zero-order chi connectivity index (χ0) is 14.7. The highest BCUT2D eigenvalue weighted by molar-refractivity contribution is 5.88. The van der Waals surface area contributed by atoms with E-state index in [1.54, 1.807) is 17.9 Å². The van der Waals surface area contributed by atoms with Gasteiger partial charge in [-0.05, 0) is 18.2 Å². The predicted octanol–water partition coefficient (Wildman–Crippen LogP) is 2.05. The Morgan fingerprint density at radius 1 is 1.40 bits per heavy atom. The van der Waals surface area contributed by atoms with Crippen LogP contribution in [0.3, 0.4) is 0 Å². The third-order valence-electron chi connectivity index (χ3n) is 2.89. The number of nitrogens with one attached hydrogen (secondary N) is 1. The van der Waals surface area contributed by atoms with Crippen LogP contribution in [0.15, 0.2) is 24.4 Å². The molecule has 2 N–H and O–H groups in total. The van der Waals surface area contributed by atoms with Gasteiger partial charge in [0.25, 0.3) is 0 Å². The first-order valence-corrected chi connectivity index (χ1v) is 5.92. The van der Waals surface area contributed by atoms with Gasteiger partial charge in [0.15, 0.2) is 0 Å². The molecule has 0 amide bonds. The van der Waals surface area contributed by atoms with E-state index in [2.05, 4.69) is 10.4 Å². The molecule has 0 saturated heterocycles. The Bertz CT molecular complexity index is 617. The van der Waals surface area contributed by atoms with Crippen LogP contribution in [0, 0.1) is 11.6 Å². The van der Waals surface area contributed by atoms with Gasteiger partial charge < -0.3 is 10.4 Å². The fraction of sp³-hybridized carbons (Fsp3) is 0.231. The maximum atomic E-state index is 13.6. The molecule has 0 bridgehead atoms. The average Bonchev–Trinajstić information content (AvgIpc) is 2.78. The van der Waals surface area contributed by atoms with Gasteiger partial charge in [-0.3, -0.25) is 4.68 Å². The number of carbonyl (C=O) groups is 1. The Balaban J connectivity index is 2.06. The highest BCUT2D eigenvalue weighted by Crippen LogP contribution is 2.20. The Hall–Kier alpha value is -2.44. The lowest BCUT2D eigenvalue weighted by Crippen LogP contribution is -2.11. The van der Waals surface area contributed by atoms with E-state index in [1.165, 1.54) is 0 Å². The summed E-state index contributed by atoms with van der Waals surface area (Å²) in [5.41, 5.74) is 0.176. The molecule has 7 heteroatoms. The van der Waals surface area contributed by atoms with Crippen LogP contribution >= 0.6 is 0 Å². The molecule has 0 aliphatic carbocycles. The molecule has 0 saturated carbocycles. The van der Waals surface area contributed by atoms with Crippen LogP contribution in [-0.4, -0.2) is 27.4 Å². The molecule has 1 heterocycles. The quantitative estimate of drug-likeness (QED) is 0.880. The van der Waals surface area contributed by atoms with Crippen molar-refractivity contribution in [1.82, 2.24) is 9.78 Å². The third-order valence-corrected chi connectivity index (χ3v) is 2.89. The van der Waals surface area contributed by atoms with Crippen LogP contribution in [-0.2, 0) is 13.5 Å².